The summed E-state index contributed by atoms with van der Waals surface area (Å²) in [6, 6.07) is 0. The van der Waals surface area contributed by atoms with Gasteiger partial charge in [0, 0.05) is 19.7 Å². The minimum atomic E-state index is -2.19. The first-order valence-corrected chi connectivity index (χ1v) is 9.09. The first-order valence-electron chi connectivity index (χ1n) is 8.36. The van der Waals surface area contributed by atoms with Gasteiger partial charge in [0.25, 0.3) is 5.88 Å². The second kappa shape index (κ2) is 18.7. The third-order valence-corrected chi connectivity index (χ3v) is 3.83. The Morgan fingerprint density at radius 1 is 1.10 bits per heavy atom. The van der Waals surface area contributed by atoms with E-state index in [1.54, 1.807) is 0 Å². The van der Waals surface area contributed by atoms with Crippen LogP contribution in [0.4, 0.5) is 0 Å². The number of ether oxygens (including phenoxy) is 3. The summed E-state index contributed by atoms with van der Waals surface area (Å²) in [7, 11) is 2.11. The molecule has 0 saturated heterocycles. The zero-order valence-electron chi connectivity index (χ0n) is 17.3. The molecular weight excluding hydrogens is 424 g/mol. The van der Waals surface area contributed by atoms with E-state index in [9.17, 15) is 0 Å². The smallest absolute Gasteiger partial charge is 0.543 e. The fourth-order valence-corrected chi connectivity index (χ4v) is 2.63. The molecule has 2 heterocycles. The van der Waals surface area contributed by atoms with E-state index >= 15 is 0 Å². The van der Waals surface area contributed by atoms with Crippen molar-refractivity contribution in [3.63, 3.8) is 0 Å². The summed E-state index contributed by atoms with van der Waals surface area (Å²) in [6.45, 7) is 6.90. The molecule has 0 fully saturated rings. The van der Waals surface area contributed by atoms with E-state index in [1.165, 1.54) is 17.3 Å². The number of likely N-dealkylation sites (N-methyl/N-ethyl adjacent to an activating group) is 1. The maximum Gasteiger partial charge on any atom is 1.00 e. The van der Waals surface area contributed by atoms with Gasteiger partial charge in [0.1, 0.15) is 12.3 Å². The summed E-state index contributed by atoms with van der Waals surface area (Å²) >= 11 is 1.19. The van der Waals surface area contributed by atoms with E-state index in [-0.39, 0.29) is 59.1 Å². The van der Waals surface area contributed by atoms with Crippen LogP contribution in [0.5, 0.6) is 5.88 Å². The molecule has 29 heavy (non-hydrogen) atoms. The van der Waals surface area contributed by atoms with Crippen LogP contribution in [0.2, 0.25) is 0 Å². The molecule has 0 amide bonds. The van der Waals surface area contributed by atoms with Crippen LogP contribution in [-0.4, -0.2) is 78.8 Å². The van der Waals surface area contributed by atoms with E-state index in [2.05, 4.69) is 26.8 Å². The van der Waals surface area contributed by atoms with Gasteiger partial charge in [-0.1, -0.05) is 6.08 Å². The number of carbonyl (C=O) groups excluding carboxylic acids is 2. The molecule has 1 aromatic rings. The largest absolute Gasteiger partial charge is 1.00 e. The molecule has 0 radical (unpaired) electrons. The Hall–Kier alpha value is -0.0800. The van der Waals surface area contributed by atoms with Gasteiger partial charge in [0.15, 0.2) is 0 Å². The number of carboxylic acid groups (broad SMARTS) is 2. The van der Waals surface area contributed by atoms with E-state index in [1.807, 2.05) is 6.92 Å². The maximum atomic E-state index is 8.93. The Kier molecular flexibility index (Phi) is 20.0. The molecule has 0 saturated carbocycles. The SMILES string of the molecule is CCOCCOCCOc1nsnc1C1=CCCN(C)C1.O=C([O-])C(=O)[O-].[Na+].[Na+]. The normalized spacial score (nSPS) is 13.1. The third kappa shape index (κ3) is 13.8. The van der Waals surface area contributed by atoms with Crippen LogP contribution >= 0.6 is 11.7 Å². The molecule has 0 bridgehead atoms. The minimum absolute atomic E-state index is 0. The summed E-state index contributed by atoms with van der Waals surface area (Å²) in [4.78, 5) is 20.1. The standard InChI is InChI=1S/C14H23N3O3S.C2H2O4.2Na/c1-3-18-7-8-19-9-10-20-14-13(15-21-16-14)12-5-4-6-17(2)11-12;3-1(4)2(5)6;;/h5H,3-4,6-11H2,1-2H3;(H,3,4)(H,5,6);;/q;;2*+1/p-2. The summed E-state index contributed by atoms with van der Waals surface area (Å²) in [6.07, 6.45) is 3.27. The van der Waals surface area contributed by atoms with Gasteiger partial charge in [0.05, 0.1) is 43.5 Å². The maximum absolute atomic E-state index is 8.93. The van der Waals surface area contributed by atoms with Crippen molar-refractivity contribution in [1.82, 2.24) is 13.6 Å². The molecule has 0 N–H and O–H groups in total. The van der Waals surface area contributed by atoms with E-state index in [4.69, 9.17) is 34.0 Å². The molecule has 13 heteroatoms. The van der Waals surface area contributed by atoms with Crippen molar-refractivity contribution >= 4 is 29.2 Å². The molecule has 1 aromatic heterocycles. The van der Waals surface area contributed by atoms with Crippen molar-refractivity contribution in [3.8, 4) is 5.88 Å². The Morgan fingerprint density at radius 3 is 2.31 bits per heavy atom. The fraction of sp³-hybridized carbons (Fsp3) is 0.625. The molecule has 0 aliphatic carbocycles. The van der Waals surface area contributed by atoms with Gasteiger partial charge in [-0.05, 0) is 26.0 Å². The van der Waals surface area contributed by atoms with Crippen LogP contribution in [0, 0.1) is 0 Å². The number of aromatic nitrogens is 2. The molecule has 152 valence electrons. The van der Waals surface area contributed by atoms with Crippen LogP contribution in [0.3, 0.4) is 0 Å². The Bertz CT molecular complexity index is 619. The topological polar surface area (TPSA) is 137 Å². The van der Waals surface area contributed by atoms with Crippen molar-refractivity contribution in [2.24, 2.45) is 0 Å². The van der Waals surface area contributed by atoms with Crippen LogP contribution in [0.25, 0.3) is 5.57 Å². The molecule has 0 aromatic carbocycles. The first-order chi connectivity index (χ1) is 13.0. The molecule has 10 nitrogen and oxygen atoms in total. The Balaban J connectivity index is 0. The second-order valence-corrected chi connectivity index (χ2v) is 5.93. The van der Waals surface area contributed by atoms with E-state index in [0.29, 0.717) is 32.3 Å². The van der Waals surface area contributed by atoms with Crippen molar-refractivity contribution in [3.05, 3.63) is 11.8 Å². The quantitative estimate of drug-likeness (QED) is 0.204. The molecule has 0 unspecified atom stereocenters. The zero-order chi connectivity index (χ0) is 20.1. The summed E-state index contributed by atoms with van der Waals surface area (Å²) in [5.41, 5.74) is 2.07. The van der Waals surface area contributed by atoms with Crippen molar-refractivity contribution in [2.75, 3.05) is 53.2 Å². The average molecular weight is 447 g/mol. The monoisotopic (exact) mass is 447 g/mol. The van der Waals surface area contributed by atoms with Crippen LogP contribution in [0.1, 0.15) is 19.0 Å². The molecule has 1 aliphatic rings. The fourth-order valence-electron chi connectivity index (χ4n) is 2.10. The second-order valence-electron chi connectivity index (χ2n) is 5.41. The van der Waals surface area contributed by atoms with Crippen molar-refractivity contribution in [1.29, 1.82) is 0 Å². The van der Waals surface area contributed by atoms with Gasteiger partial charge in [0.2, 0.25) is 0 Å². The predicted molar refractivity (Wildman–Crippen MR) is 92.8 cm³/mol. The number of nitrogens with zero attached hydrogens (tertiary/aromatic N) is 3. The number of aliphatic carboxylic acids is 2. The van der Waals surface area contributed by atoms with Crippen LogP contribution in [-0.2, 0) is 19.1 Å². The number of rotatable bonds is 9. The van der Waals surface area contributed by atoms with Gasteiger partial charge in [-0.2, -0.15) is 4.37 Å². The van der Waals surface area contributed by atoms with E-state index in [0.717, 1.165) is 31.8 Å². The molecular formula is C16H23N3Na2O7S. The third-order valence-electron chi connectivity index (χ3n) is 3.31. The molecule has 1 aliphatic heterocycles. The molecule has 0 spiro atoms. The van der Waals surface area contributed by atoms with Crippen LogP contribution in [0.15, 0.2) is 6.08 Å². The number of carboxylic acids is 2. The number of carbonyl (C=O) groups is 2. The van der Waals surface area contributed by atoms with Gasteiger partial charge >= 0.3 is 59.1 Å². The number of hydrogen-bond donors (Lipinski definition) is 0. The van der Waals surface area contributed by atoms with Gasteiger partial charge in [-0.15, -0.1) is 4.37 Å². The van der Waals surface area contributed by atoms with Crippen LogP contribution < -0.4 is 74.1 Å². The summed E-state index contributed by atoms with van der Waals surface area (Å²) < 4.78 is 24.9. The van der Waals surface area contributed by atoms with Gasteiger partial charge in [-0.3, -0.25) is 0 Å². The molecule has 2 rings (SSSR count). The van der Waals surface area contributed by atoms with Crippen molar-refractivity contribution in [2.45, 2.75) is 13.3 Å². The minimum Gasteiger partial charge on any atom is -0.543 e. The number of hydrogen-bond acceptors (Lipinski definition) is 11. The predicted octanol–water partition coefficient (Wildman–Crippen LogP) is -7.82. The van der Waals surface area contributed by atoms with Gasteiger partial charge < -0.3 is 38.9 Å². The van der Waals surface area contributed by atoms with Gasteiger partial charge in [-0.25, -0.2) is 0 Å². The Labute approximate surface area is 218 Å². The Morgan fingerprint density at radius 2 is 1.72 bits per heavy atom. The van der Waals surface area contributed by atoms with E-state index < -0.39 is 11.9 Å². The molecule has 0 atom stereocenters. The first kappa shape index (κ1) is 31.1. The summed E-state index contributed by atoms with van der Waals surface area (Å²) in [5.74, 6) is -3.75. The van der Waals surface area contributed by atoms with Crippen molar-refractivity contribution < 1.29 is 93.1 Å². The zero-order valence-corrected chi connectivity index (χ0v) is 22.2. The summed E-state index contributed by atoms with van der Waals surface area (Å²) in [5, 5.41) is 17.9. The average Bonchev–Trinajstić information content (AvgIpc) is 3.10.